The highest BCUT2D eigenvalue weighted by Crippen LogP contribution is 2.23. The number of ether oxygens (including phenoxy) is 2. The van der Waals surface area contributed by atoms with Crippen molar-refractivity contribution < 1.29 is 19.4 Å². The number of methoxy groups -OCH3 is 1. The Morgan fingerprint density at radius 3 is 2.76 bits per heavy atom. The number of anilines is 1. The van der Waals surface area contributed by atoms with E-state index >= 15 is 0 Å². The van der Waals surface area contributed by atoms with Crippen LogP contribution in [0.4, 0.5) is 5.69 Å². The smallest absolute Gasteiger partial charge is 0.337 e. The second-order valence-corrected chi connectivity index (χ2v) is 3.84. The van der Waals surface area contributed by atoms with Crippen LogP contribution in [0.25, 0.3) is 0 Å². The van der Waals surface area contributed by atoms with Crippen molar-refractivity contribution in [3.63, 3.8) is 0 Å². The van der Waals surface area contributed by atoms with Gasteiger partial charge in [0.1, 0.15) is 5.75 Å². The molecule has 1 aromatic rings. The molecule has 5 heteroatoms. The summed E-state index contributed by atoms with van der Waals surface area (Å²) in [6, 6.07) is 4.71. The lowest BCUT2D eigenvalue weighted by Crippen LogP contribution is -2.13. The van der Waals surface area contributed by atoms with Crippen molar-refractivity contribution in [3.05, 3.63) is 23.8 Å². The van der Waals surface area contributed by atoms with Crippen molar-refractivity contribution >= 4 is 11.7 Å². The van der Waals surface area contributed by atoms with Crippen LogP contribution in [0.2, 0.25) is 0 Å². The summed E-state index contributed by atoms with van der Waals surface area (Å²) < 4.78 is 10.00. The lowest BCUT2D eigenvalue weighted by molar-refractivity contribution is 0.0600. The zero-order chi connectivity index (χ0) is 12.8. The van der Waals surface area contributed by atoms with Gasteiger partial charge in [-0.05, 0) is 18.2 Å². The number of esters is 1. The minimum Gasteiger partial charge on any atom is -0.491 e. The Hall–Kier alpha value is -1.75. The Bertz CT molecular complexity index is 392. The molecule has 94 valence electrons. The molecule has 0 saturated heterocycles. The number of aliphatic hydroxyl groups is 1. The minimum absolute atomic E-state index is 0.0367. The maximum Gasteiger partial charge on any atom is 0.337 e. The van der Waals surface area contributed by atoms with Crippen LogP contribution in [0.3, 0.4) is 0 Å². The molecule has 0 amide bonds. The van der Waals surface area contributed by atoms with E-state index in [0.29, 0.717) is 23.6 Å². The first kappa shape index (κ1) is 13.3. The molecule has 0 aromatic heterocycles. The summed E-state index contributed by atoms with van der Waals surface area (Å²) in [6.07, 6.45) is 0. The van der Waals surface area contributed by atoms with Crippen molar-refractivity contribution in [1.82, 2.24) is 0 Å². The second-order valence-electron chi connectivity index (χ2n) is 3.84. The highest BCUT2D eigenvalue weighted by Gasteiger charge is 2.09. The van der Waals surface area contributed by atoms with E-state index in [9.17, 15) is 4.79 Å². The minimum atomic E-state index is -0.438. The fourth-order valence-corrected chi connectivity index (χ4v) is 1.21. The normalized spacial score (nSPS) is 11.9. The molecule has 0 heterocycles. The molecule has 0 bridgehead atoms. The van der Waals surface area contributed by atoms with Gasteiger partial charge in [0.05, 0.1) is 25.0 Å². The third-order valence-electron chi connectivity index (χ3n) is 2.27. The van der Waals surface area contributed by atoms with Gasteiger partial charge in [-0.15, -0.1) is 0 Å². The van der Waals surface area contributed by atoms with Crippen molar-refractivity contribution in [2.75, 3.05) is 26.1 Å². The molecular formula is C12H17NO4. The molecule has 1 unspecified atom stereocenters. The molecule has 0 saturated carbocycles. The summed E-state index contributed by atoms with van der Waals surface area (Å²) in [4.78, 5) is 11.2. The van der Waals surface area contributed by atoms with Crippen molar-refractivity contribution in [2.45, 2.75) is 6.92 Å². The summed E-state index contributed by atoms with van der Waals surface area (Å²) in [5.74, 6) is 0.0969. The molecule has 1 aromatic carbocycles. The Morgan fingerprint density at radius 2 is 2.24 bits per heavy atom. The van der Waals surface area contributed by atoms with Gasteiger partial charge in [0.25, 0.3) is 0 Å². The molecule has 0 fully saturated rings. The molecule has 0 aliphatic heterocycles. The summed E-state index contributed by atoms with van der Waals surface area (Å²) in [5, 5.41) is 8.86. The zero-order valence-electron chi connectivity index (χ0n) is 9.97. The van der Waals surface area contributed by atoms with E-state index < -0.39 is 5.97 Å². The summed E-state index contributed by atoms with van der Waals surface area (Å²) in [5.41, 5.74) is 6.50. The number of nitrogen functional groups attached to an aromatic ring is 1. The van der Waals surface area contributed by atoms with Crippen molar-refractivity contribution in [1.29, 1.82) is 0 Å². The standard InChI is InChI=1S/C12H17NO4/c1-8(6-14)7-17-11-4-3-9(5-10(11)13)12(15)16-2/h3-5,8,14H,6-7,13H2,1-2H3. The van der Waals surface area contributed by atoms with E-state index in [2.05, 4.69) is 4.74 Å². The Balaban J connectivity index is 2.73. The van der Waals surface area contributed by atoms with Crippen LogP contribution in [-0.4, -0.2) is 31.4 Å². The van der Waals surface area contributed by atoms with Crippen LogP contribution in [0, 0.1) is 5.92 Å². The maximum absolute atomic E-state index is 11.2. The maximum atomic E-state index is 11.2. The predicted octanol–water partition coefficient (Wildman–Crippen LogP) is 1.06. The third kappa shape index (κ3) is 3.64. The van der Waals surface area contributed by atoms with Gasteiger partial charge in [0, 0.05) is 12.5 Å². The average Bonchev–Trinajstić information content (AvgIpc) is 2.35. The van der Waals surface area contributed by atoms with E-state index in [-0.39, 0.29) is 12.5 Å². The molecule has 1 rings (SSSR count). The van der Waals surface area contributed by atoms with Crippen LogP contribution >= 0.6 is 0 Å². The third-order valence-corrected chi connectivity index (χ3v) is 2.27. The predicted molar refractivity (Wildman–Crippen MR) is 63.9 cm³/mol. The molecule has 17 heavy (non-hydrogen) atoms. The molecule has 0 aliphatic carbocycles. The summed E-state index contributed by atoms with van der Waals surface area (Å²) >= 11 is 0. The van der Waals surface area contributed by atoms with E-state index in [1.165, 1.54) is 13.2 Å². The largest absolute Gasteiger partial charge is 0.491 e. The number of aliphatic hydroxyl groups excluding tert-OH is 1. The van der Waals surface area contributed by atoms with Crippen LogP contribution < -0.4 is 10.5 Å². The number of benzene rings is 1. The van der Waals surface area contributed by atoms with Crippen LogP contribution in [0.1, 0.15) is 17.3 Å². The van der Waals surface area contributed by atoms with E-state index in [1.807, 2.05) is 6.92 Å². The molecule has 5 nitrogen and oxygen atoms in total. The summed E-state index contributed by atoms with van der Waals surface area (Å²) in [6.45, 7) is 2.29. The molecule has 1 atom stereocenters. The Kier molecular flexibility index (Phi) is 4.78. The summed E-state index contributed by atoms with van der Waals surface area (Å²) in [7, 11) is 1.31. The number of carbonyl (C=O) groups is 1. The topological polar surface area (TPSA) is 81.8 Å². The highest BCUT2D eigenvalue weighted by atomic mass is 16.5. The highest BCUT2D eigenvalue weighted by molar-refractivity contribution is 5.90. The van der Waals surface area contributed by atoms with Crippen molar-refractivity contribution in [3.8, 4) is 5.75 Å². The van der Waals surface area contributed by atoms with Crippen LogP contribution in [0.5, 0.6) is 5.75 Å². The van der Waals surface area contributed by atoms with E-state index in [4.69, 9.17) is 15.6 Å². The average molecular weight is 239 g/mol. The van der Waals surface area contributed by atoms with Gasteiger partial charge in [-0.1, -0.05) is 6.92 Å². The number of hydrogen-bond donors (Lipinski definition) is 2. The number of carbonyl (C=O) groups excluding carboxylic acids is 1. The lowest BCUT2D eigenvalue weighted by atomic mass is 10.2. The first-order chi connectivity index (χ1) is 8.08. The molecule has 0 aliphatic rings. The number of nitrogens with two attached hydrogens (primary N) is 1. The monoisotopic (exact) mass is 239 g/mol. The second kappa shape index (κ2) is 6.10. The molecule has 3 N–H and O–H groups in total. The van der Waals surface area contributed by atoms with Gasteiger partial charge in [0.15, 0.2) is 0 Å². The Labute approximate surface area is 100 Å². The van der Waals surface area contributed by atoms with Gasteiger partial charge in [-0.2, -0.15) is 0 Å². The van der Waals surface area contributed by atoms with Gasteiger partial charge in [-0.3, -0.25) is 0 Å². The quantitative estimate of drug-likeness (QED) is 0.593. The zero-order valence-corrected chi connectivity index (χ0v) is 9.97. The van der Waals surface area contributed by atoms with Gasteiger partial charge in [0.2, 0.25) is 0 Å². The fraction of sp³-hybridized carbons (Fsp3) is 0.417. The van der Waals surface area contributed by atoms with Crippen LogP contribution in [-0.2, 0) is 4.74 Å². The van der Waals surface area contributed by atoms with E-state index in [1.54, 1.807) is 12.1 Å². The Morgan fingerprint density at radius 1 is 1.53 bits per heavy atom. The first-order valence-corrected chi connectivity index (χ1v) is 5.30. The van der Waals surface area contributed by atoms with Gasteiger partial charge >= 0.3 is 5.97 Å². The SMILES string of the molecule is COC(=O)c1ccc(OCC(C)CO)c(N)c1. The lowest BCUT2D eigenvalue weighted by Gasteiger charge is -2.12. The molecular weight excluding hydrogens is 222 g/mol. The van der Waals surface area contributed by atoms with E-state index in [0.717, 1.165) is 0 Å². The van der Waals surface area contributed by atoms with Gasteiger partial charge < -0.3 is 20.3 Å². The fourth-order valence-electron chi connectivity index (χ4n) is 1.21. The molecule has 0 spiro atoms. The number of rotatable bonds is 5. The first-order valence-electron chi connectivity index (χ1n) is 5.30. The van der Waals surface area contributed by atoms with Gasteiger partial charge in [-0.25, -0.2) is 4.79 Å². The molecule has 0 radical (unpaired) electrons. The number of hydrogen-bond acceptors (Lipinski definition) is 5. The van der Waals surface area contributed by atoms with Crippen molar-refractivity contribution in [2.24, 2.45) is 5.92 Å². The van der Waals surface area contributed by atoms with Crippen LogP contribution in [0.15, 0.2) is 18.2 Å².